The van der Waals surface area contributed by atoms with Crippen molar-refractivity contribution in [3.63, 3.8) is 0 Å². The van der Waals surface area contributed by atoms with Gasteiger partial charge in [-0.15, -0.1) is 8.58 Å². The van der Waals surface area contributed by atoms with Crippen LogP contribution in [0.4, 0.5) is 0 Å². The fourth-order valence-electron chi connectivity index (χ4n) is 13.9. The van der Waals surface area contributed by atoms with Crippen LogP contribution in [0.2, 0.25) is 72.5 Å². The van der Waals surface area contributed by atoms with E-state index in [0.717, 1.165) is 41.1 Å². The molecule has 6 unspecified atom stereocenters. The summed E-state index contributed by atoms with van der Waals surface area (Å²) in [5.74, 6) is 3.39. The highest BCUT2D eigenvalue weighted by Crippen LogP contribution is 2.73. The Hall–Kier alpha value is 0.768. The summed E-state index contributed by atoms with van der Waals surface area (Å²) in [5, 5.41) is 11.2. The lowest BCUT2D eigenvalue weighted by atomic mass is 9.60. The molecule has 0 spiro atoms. The Bertz CT molecular complexity index is 1680. The summed E-state index contributed by atoms with van der Waals surface area (Å²) >= 11 is 0. The number of hydrogen-bond acceptors (Lipinski definition) is 6. The summed E-state index contributed by atoms with van der Waals surface area (Å²) < 4.78 is 27.4. The van der Waals surface area contributed by atoms with Crippen molar-refractivity contribution in [3.05, 3.63) is 0 Å². The average molecular weight is 1070 g/mol. The molecular weight excluding hydrogens is 948 g/mol. The maximum absolute atomic E-state index is 12.0. The molecule has 0 saturated heterocycles. The van der Waals surface area contributed by atoms with Crippen molar-refractivity contribution in [1.29, 1.82) is 0 Å². The Kier molecular flexibility index (Phi) is 21.4. The van der Waals surface area contributed by atoms with Gasteiger partial charge in [0.2, 0.25) is 0 Å². The van der Waals surface area contributed by atoms with Gasteiger partial charge in [-0.25, -0.2) is 0 Å². The normalized spacial score (nSPS) is 35.8. The molecule has 0 aliphatic heterocycles. The predicted octanol–water partition coefficient (Wildman–Crippen LogP) is 17.8. The SMILES string of the molecule is C.CC(C)(C)[Si](C)(C)OCCC1([C@H]2CCC3[C@@H](O[Si](C)(C)C(C)(C)C)CCC[C@@]32C)CC1C=O.CC(C)(C)[Si](C)(C)OCCC1([C@H]2CCC3[C@@H](O[Si](C)(C)C(C)(C)C)CCC[C@@]32C)CC1CO.CPC. The minimum Gasteiger partial charge on any atom is -0.417 e. The number of aliphatic hydroxyl groups is 1. The largest absolute Gasteiger partial charge is 0.417 e. The van der Waals surface area contributed by atoms with Crippen molar-refractivity contribution in [2.45, 2.75) is 279 Å². The van der Waals surface area contributed by atoms with Gasteiger partial charge in [0.05, 0.1) is 0 Å². The zero-order chi connectivity index (χ0) is 52.9. The zero-order valence-electron chi connectivity index (χ0n) is 50.2. The Morgan fingerprint density at radius 3 is 1.20 bits per heavy atom. The van der Waals surface area contributed by atoms with E-state index in [9.17, 15) is 9.90 Å². The van der Waals surface area contributed by atoms with Crippen molar-refractivity contribution in [1.82, 2.24) is 0 Å². The molecule has 1 N–H and O–H groups in total. The Labute approximate surface area is 442 Å². The summed E-state index contributed by atoms with van der Waals surface area (Å²) in [4.78, 5) is 12.0. The van der Waals surface area contributed by atoms with Crippen LogP contribution in [0.1, 0.15) is 194 Å². The molecule has 0 amide bonds. The van der Waals surface area contributed by atoms with Crippen molar-refractivity contribution < 1.29 is 27.6 Å². The van der Waals surface area contributed by atoms with Crippen LogP contribution in [-0.4, -0.2) is 90.0 Å². The molecule has 6 fully saturated rings. The first-order valence-corrected chi connectivity index (χ1v) is 42.2. The second-order valence-corrected chi connectivity index (χ2v) is 50.9. The first-order valence-electron chi connectivity index (χ1n) is 28.5. The Morgan fingerprint density at radius 1 is 0.557 bits per heavy atom. The van der Waals surface area contributed by atoms with Gasteiger partial charge < -0.3 is 27.6 Å². The van der Waals surface area contributed by atoms with E-state index in [-0.39, 0.29) is 38.9 Å². The highest BCUT2D eigenvalue weighted by Gasteiger charge is 2.68. The Morgan fingerprint density at radius 2 is 0.900 bits per heavy atom. The molecule has 0 bridgehead atoms. The van der Waals surface area contributed by atoms with E-state index in [4.69, 9.17) is 17.7 Å². The number of aldehydes is 1. The maximum atomic E-state index is 12.0. The van der Waals surface area contributed by atoms with Crippen molar-refractivity contribution in [2.75, 3.05) is 33.2 Å². The highest BCUT2D eigenvalue weighted by atomic mass is 31.1. The average Bonchev–Trinajstić information content (AvgIpc) is 4.00. The maximum Gasteiger partial charge on any atom is 0.192 e. The van der Waals surface area contributed by atoms with E-state index >= 15 is 0 Å². The third-order valence-corrected chi connectivity index (χ3v) is 40.6. The van der Waals surface area contributed by atoms with Crippen LogP contribution in [0.3, 0.4) is 0 Å². The molecule has 6 aliphatic carbocycles. The minimum absolute atomic E-state index is 0. The molecule has 0 heterocycles. The van der Waals surface area contributed by atoms with Crippen LogP contribution in [-0.2, 0) is 22.5 Å². The van der Waals surface area contributed by atoms with Gasteiger partial charge in [-0.2, -0.15) is 0 Å². The molecule has 6 rings (SSSR count). The molecule has 6 saturated carbocycles. The fraction of sp³-hybridized carbons (Fsp3) is 0.983. The van der Waals surface area contributed by atoms with Gasteiger partial charge in [0.25, 0.3) is 0 Å². The molecule has 414 valence electrons. The van der Waals surface area contributed by atoms with E-state index < -0.39 is 33.3 Å². The molecule has 11 heteroatoms. The number of carbonyl (C=O) groups is 1. The van der Waals surface area contributed by atoms with Gasteiger partial charge >= 0.3 is 0 Å². The lowest BCUT2D eigenvalue weighted by molar-refractivity contribution is -0.110. The molecule has 70 heavy (non-hydrogen) atoms. The fourth-order valence-corrected chi connectivity index (χ4v) is 18.8. The van der Waals surface area contributed by atoms with E-state index in [1.807, 2.05) is 0 Å². The molecule has 0 aromatic carbocycles. The number of rotatable bonds is 16. The third kappa shape index (κ3) is 13.5. The smallest absolute Gasteiger partial charge is 0.192 e. The summed E-state index contributed by atoms with van der Waals surface area (Å²) in [6.45, 7) is 58.7. The van der Waals surface area contributed by atoms with Crippen LogP contribution < -0.4 is 0 Å². The van der Waals surface area contributed by atoms with Gasteiger partial charge in [-0.05, 0) is 214 Å². The van der Waals surface area contributed by atoms with Gasteiger partial charge in [0, 0.05) is 37.9 Å². The van der Waals surface area contributed by atoms with E-state index in [2.05, 4.69) is 163 Å². The van der Waals surface area contributed by atoms with E-state index in [0.29, 0.717) is 64.6 Å². The minimum atomic E-state index is -1.79. The molecule has 0 aromatic rings. The van der Waals surface area contributed by atoms with Crippen LogP contribution in [0.25, 0.3) is 0 Å². The first kappa shape index (κ1) is 65.1. The van der Waals surface area contributed by atoms with Gasteiger partial charge in [0.15, 0.2) is 33.3 Å². The summed E-state index contributed by atoms with van der Waals surface area (Å²) in [7, 11) is -5.98. The van der Waals surface area contributed by atoms with Gasteiger partial charge in [0.1, 0.15) is 6.29 Å². The number of aliphatic hydroxyl groups excluding tert-OH is 1. The lowest BCUT2D eigenvalue weighted by Gasteiger charge is -2.50. The molecule has 6 aliphatic rings. The molecule has 0 aromatic heterocycles. The number of fused-ring (bicyclic) bond motifs is 2. The Balaban J connectivity index is 0.000000346. The van der Waals surface area contributed by atoms with Gasteiger partial charge in [-0.3, -0.25) is 0 Å². The summed E-state index contributed by atoms with van der Waals surface area (Å²) in [6, 6.07) is 0. The summed E-state index contributed by atoms with van der Waals surface area (Å²) in [5.41, 5.74) is 1.12. The molecule has 12 atom stereocenters. The second kappa shape index (κ2) is 23.0. The summed E-state index contributed by atoms with van der Waals surface area (Å²) in [6.07, 6.45) is 19.4. The van der Waals surface area contributed by atoms with Crippen molar-refractivity contribution in [3.8, 4) is 0 Å². The van der Waals surface area contributed by atoms with Crippen LogP contribution in [0, 0.1) is 57.2 Å². The molecular formula is C59H121O6PSi4. The topological polar surface area (TPSA) is 74.2 Å². The number of carbonyl (C=O) groups excluding carboxylic acids is 1. The molecule has 6 nitrogen and oxygen atoms in total. The molecule has 0 radical (unpaired) electrons. The predicted molar refractivity (Wildman–Crippen MR) is 317 cm³/mol. The van der Waals surface area contributed by atoms with E-state index in [1.165, 1.54) is 76.9 Å². The first-order chi connectivity index (χ1) is 31.2. The monoisotopic (exact) mass is 1070 g/mol. The van der Waals surface area contributed by atoms with E-state index in [1.54, 1.807) is 0 Å². The quantitative estimate of drug-likeness (QED) is 0.0943. The highest BCUT2D eigenvalue weighted by molar-refractivity contribution is 7.35. The van der Waals surface area contributed by atoms with Crippen molar-refractivity contribution in [2.24, 2.45) is 57.2 Å². The van der Waals surface area contributed by atoms with Crippen molar-refractivity contribution >= 4 is 48.1 Å². The third-order valence-electron chi connectivity index (χ3n) is 22.5. The van der Waals surface area contributed by atoms with Crippen LogP contribution in [0.15, 0.2) is 0 Å². The lowest BCUT2D eigenvalue weighted by Crippen LogP contribution is -2.50. The second-order valence-electron chi connectivity index (χ2n) is 30.8. The number of hydrogen-bond donors (Lipinski definition) is 1. The standard InChI is InChI=1S/C28H56O3Si2.C28H54O3Si2.C2H7P.CH4/c2*1-25(2,3)32(8,9)30-18-17-28(19-21(28)20-29)24-15-14-22-23(13-12-16-27(22,24)7)31-33(10,11)26(4,5)6;1-3-2;/h21-24,29H,12-20H2,1-11H3;20-24H,12-19H2,1-11H3;3H,1-2H3;1H4/t2*21?,22?,23-,24-,27-,28?;;/m00../s1. The van der Waals surface area contributed by atoms with Crippen LogP contribution in [0.5, 0.6) is 0 Å². The van der Waals surface area contributed by atoms with Gasteiger partial charge in [-0.1, -0.05) is 117 Å². The van der Waals surface area contributed by atoms with Crippen LogP contribution >= 0.6 is 8.58 Å². The zero-order valence-corrected chi connectivity index (χ0v) is 55.2.